The highest BCUT2D eigenvalue weighted by Gasteiger charge is 2.20. The van der Waals surface area contributed by atoms with Crippen molar-refractivity contribution in [2.45, 2.75) is 25.0 Å². The third-order valence-electron chi connectivity index (χ3n) is 2.70. The lowest BCUT2D eigenvalue weighted by atomic mass is 10.3. The molecule has 0 atom stereocenters. The standard InChI is InChI=1S/C12H17N5O2S/c1-2-13-8-11-9-15-17-12(11)20(18,19)16-7-10-4-3-5-14-6-10/h3-6,9,13,16H,2,7-8H2,1H3,(H,15,17). The van der Waals surface area contributed by atoms with Gasteiger partial charge in [-0.2, -0.15) is 5.10 Å². The SMILES string of the molecule is CCNCc1cn[nH]c1S(=O)(=O)NCc1cccnc1. The Balaban J connectivity index is 2.08. The predicted octanol–water partition coefficient (Wildman–Crippen LogP) is 0.393. The first-order valence-corrected chi connectivity index (χ1v) is 7.73. The molecule has 2 heterocycles. The largest absolute Gasteiger partial charge is 0.313 e. The zero-order chi connectivity index (χ0) is 14.4. The van der Waals surface area contributed by atoms with E-state index in [0.29, 0.717) is 12.1 Å². The number of pyridine rings is 1. The summed E-state index contributed by atoms with van der Waals surface area (Å²) in [4.78, 5) is 3.94. The normalized spacial score (nSPS) is 11.7. The maximum absolute atomic E-state index is 12.2. The van der Waals surface area contributed by atoms with Crippen molar-refractivity contribution < 1.29 is 8.42 Å². The molecule has 0 aliphatic rings. The number of hydrogen-bond donors (Lipinski definition) is 3. The second-order valence-corrected chi connectivity index (χ2v) is 5.89. The Labute approximate surface area is 117 Å². The van der Waals surface area contributed by atoms with Crippen LogP contribution in [0, 0.1) is 0 Å². The van der Waals surface area contributed by atoms with Gasteiger partial charge in [0.1, 0.15) is 0 Å². The molecular formula is C12H17N5O2S. The predicted molar refractivity (Wildman–Crippen MR) is 74.2 cm³/mol. The van der Waals surface area contributed by atoms with E-state index in [2.05, 4.69) is 25.2 Å². The zero-order valence-corrected chi connectivity index (χ0v) is 11.9. The van der Waals surface area contributed by atoms with Crippen molar-refractivity contribution in [3.05, 3.63) is 41.9 Å². The molecule has 0 amide bonds. The molecule has 0 aliphatic carbocycles. The molecule has 2 rings (SSSR count). The third-order valence-corrected chi connectivity index (χ3v) is 4.12. The average Bonchev–Trinajstić information content (AvgIpc) is 2.93. The van der Waals surface area contributed by atoms with Crippen LogP contribution in [0.3, 0.4) is 0 Å². The second-order valence-electron chi connectivity index (χ2n) is 4.19. The minimum Gasteiger partial charge on any atom is -0.313 e. The lowest BCUT2D eigenvalue weighted by Crippen LogP contribution is -2.25. The van der Waals surface area contributed by atoms with Gasteiger partial charge >= 0.3 is 0 Å². The van der Waals surface area contributed by atoms with Crippen molar-refractivity contribution in [1.82, 2.24) is 25.2 Å². The number of sulfonamides is 1. The number of H-pyrrole nitrogens is 1. The minimum atomic E-state index is -3.61. The molecule has 108 valence electrons. The zero-order valence-electron chi connectivity index (χ0n) is 11.1. The molecule has 3 N–H and O–H groups in total. The minimum absolute atomic E-state index is 0.0994. The molecule has 0 unspecified atom stereocenters. The van der Waals surface area contributed by atoms with Crippen LogP contribution < -0.4 is 10.0 Å². The Morgan fingerprint density at radius 3 is 2.85 bits per heavy atom. The highest BCUT2D eigenvalue weighted by molar-refractivity contribution is 7.89. The van der Waals surface area contributed by atoms with E-state index in [1.54, 1.807) is 18.5 Å². The maximum atomic E-state index is 12.2. The molecular weight excluding hydrogens is 278 g/mol. The molecule has 7 nitrogen and oxygen atoms in total. The Morgan fingerprint density at radius 2 is 2.15 bits per heavy atom. The summed E-state index contributed by atoms with van der Waals surface area (Å²) >= 11 is 0. The molecule has 8 heteroatoms. The number of aromatic amines is 1. The van der Waals surface area contributed by atoms with Gasteiger partial charge in [0.25, 0.3) is 10.0 Å². The highest BCUT2D eigenvalue weighted by atomic mass is 32.2. The van der Waals surface area contributed by atoms with E-state index in [0.717, 1.165) is 12.1 Å². The number of rotatable bonds is 7. The van der Waals surface area contributed by atoms with Crippen LogP contribution >= 0.6 is 0 Å². The number of nitrogens with one attached hydrogen (secondary N) is 3. The second kappa shape index (κ2) is 6.60. The summed E-state index contributed by atoms with van der Waals surface area (Å²) in [5.74, 6) is 0. The van der Waals surface area contributed by atoms with E-state index in [9.17, 15) is 8.42 Å². The summed E-state index contributed by atoms with van der Waals surface area (Å²) in [7, 11) is -3.61. The first-order chi connectivity index (χ1) is 9.63. The lowest BCUT2D eigenvalue weighted by Gasteiger charge is -2.07. The van der Waals surface area contributed by atoms with Gasteiger partial charge in [0, 0.05) is 31.0 Å². The van der Waals surface area contributed by atoms with Crippen molar-refractivity contribution in [2.24, 2.45) is 0 Å². The van der Waals surface area contributed by atoms with E-state index in [1.807, 2.05) is 13.0 Å². The van der Waals surface area contributed by atoms with Gasteiger partial charge in [-0.15, -0.1) is 0 Å². The van der Waals surface area contributed by atoms with Crippen LogP contribution in [0.1, 0.15) is 18.1 Å². The summed E-state index contributed by atoms with van der Waals surface area (Å²) in [5.41, 5.74) is 1.41. The molecule has 0 fully saturated rings. The Hall–Kier alpha value is -1.77. The highest BCUT2D eigenvalue weighted by Crippen LogP contribution is 2.12. The lowest BCUT2D eigenvalue weighted by molar-refractivity contribution is 0.574. The fraction of sp³-hybridized carbons (Fsp3) is 0.333. The fourth-order valence-corrected chi connectivity index (χ4v) is 2.81. The number of aromatic nitrogens is 3. The van der Waals surface area contributed by atoms with Gasteiger partial charge in [0.2, 0.25) is 0 Å². The molecule has 20 heavy (non-hydrogen) atoms. The maximum Gasteiger partial charge on any atom is 0.258 e. The molecule has 2 aromatic heterocycles. The van der Waals surface area contributed by atoms with Gasteiger partial charge in [-0.25, -0.2) is 13.1 Å². The van der Waals surface area contributed by atoms with Crippen LogP contribution in [-0.4, -0.2) is 30.1 Å². The number of nitrogens with zero attached hydrogens (tertiary/aromatic N) is 2. The van der Waals surface area contributed by atoms with E-state index >= 15 is 0 Å². The smallest absolute Gasteiger partial charge is 0.258 e. The first-order valence-electron chi connectivity index (χ1n) is 6.25. The van der Waals surface area contributed by atoms with Crippen molar-refractivity contribution in [1.29, 1.82) is 0 Å². The van der Waals surface area contributed by atoms with Gasteiger partial charge in [0.05, 0.1) is 6.20 Å². The topological polar surface area (TPSA) is 99.8 Å². The van der Waals surface area contributed by atoms with Gasteiger partial charge in [-0.05, 0) is 18.2 Å². The van der Waals surface area contributed by atoms with Gasteiger partial charge in [-0.1, -0.05) is 13.0 Å². The Kier molecular flexibility index (Phi) is 4.83. The van der Waals surface area contributed by atoms with Crippen molar-refractivity contribution >= 4 is 10.0 Å². The fourth-order valence-electron chi connectivity index (χ4n) is 1.67. The Bertz CT molecular complexity index is 639. The van der Waals surface area contributed by atoms with Gasteiger partial charge in [0.15, 0.2) is 5.03 Å². The Morgan fingerprint density at radius 1 is 1.30 bits per heavy atom. The van der Waals surface area contributed by atoms with Gasteiger partial charge < -0.3 is 5.32 Å². The van der Waals surface area contributed by atoms with Crippen molar-refractivity contribution in [2.75, 3.05) is 6.54 Å². The van der Waals surface area contributed by atoms with E-state index in [-0.39, 0.29) is 11.6 Å². The van der Waals surface area contributed by atoms with Crippen molar-refractivity contribution in [3.8, 4) is 0 Å². The van der Waals surface area contributed by atoms with Crippen LogP contribution in [0.5, 0.6) is 0 Å². The van der Waals surface area contributed by atoms with Crippen LogP contribution in [0.2, 0.25) is 0 Å². The van der Waals surface area contributed by atoms with E-state index in [4.69, 9.17) is 0 Å². The monoisotopic (exact) mass is 295 g/mol. The van der Waals surface area contributed by atoms with Gasteiger partial charge in [-0.3, -0.25) is 10.1 Å². The summed E-state index contributed by atoms with van der Waals surface area (Å²) in [6, 6.07) is 3.57. The van der Waals surface area contributed by atoms with E-state index < -0.39 is 10.0 Å². The summed E-state index contributed by atoms with van der Waals surface area (Å²) in [5, 5.41) is 9.51. The molecule has 0 aromatic carbocycles. The first kappa shape index (κ1) is 14.6. The summed E-state index contributed by atoms with van der Waals surface area (Å²) in [6.07, 6.45) is 4.78. The van der Waals surface area contributed by atoms with Crippen molar-refractivity contribution in [3.63, 3.8) is 0 Å². The summed E-state index contributed by atoms with van der Waals surface area (Å²) in [6.45, 7) is 3.36. The quantitative estimate of drug-likeness (QED) is 0.686. The third kappa shape index (κ3) is 3.62. The molecule has 0 aliphatic heterocycles. The average molecular weight is 295 g/mol. The van der Waals surface area contributed by atoms with Crippen LogP contribution in [0.15, 0.2) is 35.7 Å². The molecule has 2 aromatic rings. The molecule has 0 saturated carbocycles. The van der Waals surface area contributed by atoms with Crippen LogP contribution in [0.25, 0.3) is 0 Å². The molecule has 0 bridgehead atoms. The van der Waals surface area contributed by atoms with E-state index in [1.165, 1.54) is 6.20 Å². The van der Waals surface area contributed by atoms with Crippen LogP contribution in [0.4, 0.5) is 0 Å². The molecule has 0 radical (unpaired) electrons. The summed E-state index contributed by atoms with van der Waals surface area (Å²) < 4.78 is 27.0. The molecule has 0 saturated heterocycles. The van der Waals surface area contributed by atoms with Crippen LogP contribution in [-0.2, 0) is 23.1 Å². The number of hydrogen-bond acceptors (Lipinski definition) is 5. The molecule has 0 spiro atoms.